The van der Waals surface area contributed by atoms with Crippen LogP contribution in [0.25, 0.3) is 10.8 Å². The Kier molecular flexibility index (Phi) is 2.79. The highest BCUT2D eigenvalue weighted by Crippen LogP contribution is 2.28. The number of aromatic nitrogens is 4. The second-order valence-electron chi connectivity index (χ2n) is 4.24. The van der Waals surface area contributed by atoms with Gasteiger partial charge in [0, 0.05) is 5.39 Å². The van der Waals surface area contributed by atoms with Crippen molar-refractivity contribution < 1.29 is 9.90 Å². The lowest BCUT2D eigenvalue weighted by Crippen LogP contribution is -2.13. The Morgan fingerprint density at radius 1 is 1.25 bits per heavy atom. The Morgan fingerprint density at radius 3 is 2.80 bits per heavy atom. The van der Waals surface area contributed by atoms with Gasteiger partial charge in [0.2, 0.25) is 0 Å². The predicted molar refractivity (Wildman–Crippen MR) is 72.4 cm³/mol. The molecule has 3 aromatic rings. The van der Waals surface area contributed by atoms with E-state index < -0.39 is 5.91 Å². The zero-order valence-corrected chi connectivity index (χ0v) is 10.6. The largest absolute Gasteiger partial charge is 0.506 e. The van der Waals surface area contributed by atoms with E-state index in [1.165, 1.54) is 4.80 Å². The number of hydrogen-bond acceptors (Lipinski definition) is 5. The number of amides is 1. The van der Waals surface area contributed by atoms with Crippen molar-refractivity contribution in [2.45, 2.75) is 0 Å². The molecule has 0 unspecified atom stereocenters. The van der Waals surface area contributed by atoms with Gasteiger partial charge >= 0.3 is 0 Å². The summed E-state index contributed by atoms with van der Waals surface area (Å²) in [6.45, 7) is 0. The minimum atomic E-state index is -0.485. The van der Waals surface area contributed by atoms with Crippen LogP contribution in [0.3, 0.4) is 0 Å². The van der Waals surface area contributed by atoms with Gasteiger partial charge in [-0.05, 0) is 16.7 Å². The Bertz CT molecular complexity index is 796. The monoisotopic (exact) mass is 269 g/mol. The van der Waals surface area contributed by atoms with Gasteiger partial charge in [0.25, 0.3) is 11.9 Å². The number of anilines is 1. The summed E-state index contributed by atoms with van der Waals surface area (Å²) in [4.78, 5) is 13.3. The summed E-state index contributed by atoms with van der Waals surface area (Å²) in [6.07, 6.45) is 0. The molecule has 0 bridgehead atoms. The normalized spacial score (nSPS) is 10.7. The summed E-state index contributed by atoms with van der Waals surface area (Å²) >= 11 is 0. The van der Waals surface area contributed by atoms with Gasteiger partial charge < -0.3 is 5.11 Å². The average Bonchev–Trinajstić information content (AvgIpc) is 2.84. The summed E-state index contributed by atoms with van der Waals surface area (Å²) in [5, 5.41) is 25.3. The highest BCUT2D eigenvalue weighted by Gasteiger charge is 2.15. The fourth-order valence-corrected chi connectivity index (χ4v) is 1.94. The molecule has 7 heteroatoms. The van der Waals surface area contributed by atoms with Gasteiger partial charge in [-0.15, -0.1) is 5.10 Å². The Balaban J connectivity index is 1.97. The maximum absolute atomic E-state index is 12.1. The molecule has 0 saturated heterocycles. The molecular formula is C13H11N5O2. The van der Waals surface area contributed by atoms with Gasteiger partial charge in [0.05, 0.1) is 12.6 Å². The molecule has 0 fully saturated rings. The molecule has 7 nitrogen and oxygen atoms in total. The van der Waals surface area contributed by atoms with Crippen LogP contribution in [0.2, 0.25) is 0 Å². The first-order chi connectivity index (χ1) is 9.65. The molecule has 0 radical (unpaired) electrons. The maximum atomic E-state index is 12.1. The Hall–Kier alpha value is -2.96. The quantitative estimate of drug-likeness (QED) is 0.732. The van der Waals surface area contributed by atoms with E-state index in [1.54, 1.807) is 31.3 Å². The number of rotatable bonds is 2. The van der Waals surface area contributed by atoms with Crippen molar-refractivity contribution in [1.29, 1.82) is 0 Å². The highest BCUT2D eigenvalue weighted by molar-refractivity contribution is 6.09. The minimum Gasteiger partial charge on any atom is -0.506 e. The predicted octanol–water partition coefficient (Wildman–Crippen LogP) is 1.32. The van der Waals surface area contributed by atoms with Crippen LogP contribution in [-0.4, -0.2) is 31.2 Å². The number of phenolic OH excluding ortho intramolecular Hbond substituents is 1. The van der Waals surface area contributed by atoms with Gasteiger partial charge in [-0.1, -0.05) is 35.4 Å². The van der Waals surface area contributed by atoms with Crippen molar-refractivity contribution in [3.05, 3.63) is 42.0 Å². The molecule has 2 aromatic carbocycles. The molecule has 0 aliphatic heterocycles. The number of aryl methyl sites for hydroxylation is 1. The molecule has 2 N–H and O–H groups in total. The highest BCUT2D eigenvalue weighted by atomic mass is 16.3. The second kappa shape index (κ2) is 4.61. The van der Waals surface area contributed by atoms with Crippen molar-refractivity contribution in [2.75, 3.05) is 5.32 Å². The van der Waals surface area contributed by atoms with Crippen LogP contribution in [0.15, 0.2) is 36.4 Å². The van der Waals surface area contributed by atoms with Crippen molar-refractivity contribution in [3.8, 4) is 5.75 Å². The lowest BCUT2D eigenvalue weighted by atomic mass is 10.0. The molecule has 0 aliphatic rings. The average molecular weight is 269 g/mol. The smallest absolute Gasteiger partial charge is 0.270 e. The summed E-state index contributed by atoms with van der Waals surface area (Å²) in [5.74, 6) is -0.462. The van der Waals surface area contributed by atoms with E-state index in [0.29, 0.717) is 5.39 Å². The lowest BCUT2D eigenvalue weighted by Gasteiger charge is -2.06. The number of hydrogen-bond donors (Lipinski definition) is 2. The molecule has 0 aliphatic carbocycles. The number of fused-ring (bicyclic) bond motifs is 1. The van der Waals surface area contributed by atoms with Crippen LogP contribution in [0, 0.1) is 0 Å². The first-order valence-electron chi connectivity index (χ1n) is 5.91. The number of tetrazole rings is 1. The first kappa shape index (κ1) is 12.1. The summed E-state index contributed by atoms with van der Waals surface area (Å²) in [7, 11) is 1.59. The third-order valence-corrected chi connectivity index (χ3v) is 2.88. The van der Waals surface area contributed by atoms with Gasteiger partial charge in [0.15, 0.2) is 0 Å². The van der Waals surface area contributed by atoms with Crippen LogP contribution in [0.5, 0.6) is 5.75 Å². The molecule has 0 atom stereocenters. The molecule has 0 spiro atoms. The molecule has 1 heterocycles. The molecule has 3 rings (SSSR count). The van der Waals surface area contributed by atoms with E-state index in [-0.39, 0.29) is 17.3 Å². The van der Waals surface area contributed by atoms with Crippen molar-refractivity contribution in [2.24, 2.45) is 7.05 Å². The topological polar surface area (TPSA) is 92.9 Å². The fraction of sp³-hybridized carbons (Fsp3) is 0.0769. The van der Waals surface area contributed by atoms with Gasteiger partial charge in [-0.2, -0.15) is 4.80 Å². The van der Waals surface area contributed by atoms with Crippen LogP contribution in [-0.2, 0) is 7.05 Å². The van der Waals surface area contributed by atoms with Crippen molar-refractivity contribution >= 4 is 22.6 Å². The summed E-state index contributed by atoms with van der Waals surface area (Å²) < 4.78 is 0. The van der Waals surface area contributed by atoms with E-state index >= 15 is 0 Å². The van der Waals surface area contributed by atoms with Crippen LogP contribution in [0.1, 0.15) is 10.4 Å². The van der Waals surface area contributed by atoms with Crippen LogP contribution in [0.4, 0.5) is 5.95 Å². The number of aromatic hydroxyl groups is 1. The van der Waals surface area contributed by atoms with Gasteiger partial charge in [0.1, 0.15) is 5.75 Å². The molecular weight excluding hydrogens is 258 g/mol. The number of carbonyl (C=O) groups excluding carboxylic acids is 1. The third-order valence-electron chi connectivity index (χ3n) is 2.88. The van der Waals surface area contributed by atoms with E-state index in [0.717, 1.165) is 5.39 Å². The summed E-state index contributed by atoms with van der Waals surface area (Å²) in [6, 6.07) is 10.6. The van der Waals surface area contributed by atoms with Gasteiger partial charge in [-0.25, -0.2) is 0 Å². The number of carbonyl (C=O) groups is 1. The molecule has 20 heavy (non-hydrogen) atoms. The third kappa shape index (κ3) is 2.05. The standard InChI is InChI=1S/C13H11N5O2/c1-18-16-13(15-17-18)14-12(20)10-7-6-8-4-2-3-5-9(8)11(10)19/h2-7,19H,1H3,(H,14,16,20). The zero-order valence-electron chi connectivity index (χ0n) is 10.6. The molecule has 100 valence electrons. The fourth-order valence-electron chi connectivity index (χ4n) is 1.94. The minimum absolute atomic E-state index is 0.0653. The molecule has 1 aromatic heterocycles. The summed E-state index contributed by atoms with van der Waals surface area (Å²) in [5.41, 5.74) is 0.163. The lowest BCUT2D eigenvalue weighted by molar-refractivity contribution is 0.102. The number of phenols is 1. The zero-order chi connectivity index (χ0) is 14.1. The van der Waals surface area contributed by atoms with Crippen molar-refractivity contribution in [1.82, 2.24) is 20.2 Å². The van der Waals surface area contributed by atoms with Crippen LogP contribution >= 0.6 is 0 Å². The number of nitrogens with one attached hydrogen (secondary N) is 1. The van der Waals surface area contributed by atoms with E-state index in [9.17, 15) is 9.90 Å². The van der Waals surface area contributed by atoms with E-state index in [1.807, 2.05) is 12.1 Å². The second-order valence-corrected chi connectivity index (χ2v) is 4.24. The maximum Gasteiger partial charge on any atom is 0.270 e. The number of benzene rings is 2. The SMILES string of the molecule is Cn1nnc(NC(=O)c2ccc3ccccc3c2O)n1. The van der Waals surface area contributed by atoms with Crippen LogP contribution < -0.4 is 5.32 Å². The van der Waals surface area contributed by atoms with Crippen molar-refractivity contribution in [3.63, 3.8) is 0 Å². The van der Waals surface area contributed by atoms with E-state index in [2.05, 4.69) is 20.7 Å². The number of nitrogens with zero attached hydrogens (tertiary/aromatic N) is 4. The van der Waals surface area contributed by atoms with Gasteiger partial charge in [-0.3, -0.25) is 10.1 Å². The first-order valence-corrected chi connectivity index (χ1v) is 5.91. The molecule has 1 amide bonds. The van der Waals surface area contributed by atoms with E-state index in [4.69, 9.17) is 0 Å². The Morgan fingerprint density at radius 2 is 2.05 bits per heavy atom. The molecule has 0 saturated carbocycles. The Labute approximate surface area is 113 Å².